The van der Waals surface area contributed by atoms with Crippen LogP contribution >= 0.6 is 23.6 Å². The Balaban J connectivity index is 1.96. The van der Waals surface area contributed by atoms with E-state index in [2.05, 4.69) is 34.8 Å². The second-order valence-electron chi connectivity index (χ2n) is 7.44. The summed E-state index contributed by atoms with van der Waals surface area (Å²) >= 11 is 6.85. The number of carbonyl (C=O) groups excluding carboxylic acids is 1. The van der Waals surface area contributed by atoms with Crippen LogP contribution in [0.2, 0.25) is 0 Å². The molecular formula is C18H28N5OS2+. The number of carbonyl (C=O) groups is 1. The fourth-order valence-corrected chi connectivity index (χ4v) is 3.48. The van der Waals surface area contributed by atoms with E-state index in [0.717, 1.165) is 22.1 Å². The fraction of sp³-hybridized carbons (Fsp3) is 0.500. The van der Waals surface area contributed by atoms with E-state index < -0.39 is 0 Å². The summed E-state index contributed by atoms with van der Waals surface area (Å²) < 4.78 is 2.45. The Hall–Kier alpha value is -1.77. The third-order valence-electron chi connectivity index (χ3n) is 3.62. The molecule has 1 atom stereocenters. The van der Waals surface area contributed by atoms with Crippen LogP contribution in [0.3, 0.4) is 0 Å². The highest BCUT2D eigenvalue weighted by Gasteiger charge is 2.18. The number of anilines is 2. The molecule has 1 unspecified atom stereocenters. The highest BCUT2D eigenvalue weighted by atomic mass is 32.1. The van der Waals surface area contributed by atoms with Crippen LogP contribution in [0.5, 0.6) is 0 Å². The number of amides is 1. The summed E-state index contributed by atoms with van der Waals surface area (Å²) in [6.07, 6.45) is 1.02. The predicted octanol–water partition coefficient (Wildman–Crippen LogP) is 2.37. The van der Waals surface area contributed by atoms with Gasteiger partial charge in [0.1, 0.15) is 0 Å². The number of rotatable bonds is 7. The van der Waals surface area contributed by atoms with E-state index in [1.54, 1.807) is 4.68 Å². The Morgan fingerprint density at radius 2 is 1.96 bits per heavy atom. The summed E-state index contributed by atoms with van der Waals surface area (Å²) in [5, 5.41) is 11.6. The number of quaternary nitrogens is 1. The van der Waals surface area contributed by atoms with E-state index in [0.29, 0.717) is 17.2 Å². The minimum atomic E-state index is -0.223. The van der Waals surface area contributed by atoms with Gasteiger partial charge in [0.15, 0.2) is 17.2 Å². The van der Waals surface area contributed by atoms with Gasteiger partial charge in [0.2, 0.25) is 5.13 Å². The molecule has 2 aromatic rings. The van der Waals surface area contributed by atoms with Gasteiger partial charge in [0, 0.05) is 11.2 Å². The van der Waals surface area contributed by atoms with Gasteiger partial charge in [-0.3, -0.25) is 4.79 Å². The average Bonchev–Trinajstić information content (AvgIpc) is 2.85. The van der Waals surface area contributed by atoms with E-state index in [1.165, 1.54) is 16.9 Å². The van der Waals surface area contributed by atoms with Gasteiger partial charge >= 0.3 is 0 Å². The summed E-state index contributed by atoms with van der Waals surface area (Å²) in [5.74, 6) is 0.0195. The highest BCUT2D eigenvalue weighted by Crippen LogP contribution is 2.20. The SMILES string of the molecule is CCc1ccc(Nc2nn(C[NH+](C)CC(=O)NC(C)(C)C)c(=S)s2)cc1. The maximum atomic E-state index is 12.0. The molecule has 26 heavy (non-hydrogen) atoms. The van der Waals surface area contributed by atoms with Gasteiger partial charge in [-0.1, -0.05) is 30.4 Å². The van der Waals surface area contributed by atoms with Crippen LogP contribution in [0.25, 0.3) is 0 Å². The van der Waals surface area contributed by atoms with Crippen molar-refractivity contribution in [3.8, 4) is 0 Å². The summed E-state index contributed by atoms with van der Waals surface area (Å²) in [5.41, 5.74) is 2.06. The molecule has 0 radical (unpaired) electrons. The van der Waals surface area contributed by atoms with Crippen molar-refractivity contribution in [2.45, 2.75) is 46.3 Å². The number of hydrogen-bond acceptors (Lipinski definition) is 5. The number of nitrogens with zero attached hydrogens (tertiary/aromatic N) is 2. The summed E-state index contributed by atoms with van der Waals surface area (Å²) in [6.45, 7) is 8.97. The third-order valence-corrected chi connectivity index (χ3v) is 4.84. The number of aryl methyl sites for hydroxylation is 1. The second-order valence-corrected chi connectivity index (χ2v) is 9.06. The van der Waals surface area contributed by atoms with Crippen molar-refractivity contribution in [3.05, 3.63) is 33.8 Å². The summed E-state index contributed by atoms with van der Waals surface area (Å²) in [7, 11) is 1.96. The first-order valence-electron chi connectivity index (χ1n) is 8.72. The summed E-state index contributed by atoms with van der Waals surface area (Å²) in [6, 6.07) is 8.29. The molecule has 8 heteroatoms. The molecule has 0 aliphatic heterocycles. The van der Waals surface area contributed by atoms with Crippen molar-refractivity contribution in [1.29, 1.82) is 0 Å². The van der Waals surface area contributed by atoms with Crippen molar-refractivity contribution >= 4 is 40.3 Å². The van der Waals surface area contributed by atoms with E-state index in [-0.39, 0.29) is 11.4 Å². The lowest BCUT2D eigenvalue weighted by Crippen LogP contribution is -3.09. The Kier molecular flexibility index (Phi) is 6.91. The van der Waals surface area contributed by atoms with Crippen LogP contribution in [-0.2, 0) is 17.9 Å². The first-order valence-corrected chi connectivity index (χ1v) is 9.95. The highest BCUT2D eigenvalue weighted by molar-refractivity contribution is 7.73. The number of benzene rings is 1. The molecule has 1 aromatic heterocycles. The molecule has 0 saturated heterocycles. The smallest absolute Gasteiger partial charge is 0.275 e. The van der Waals surface area contributed by atoms with Gasteiger partial charge in [0.25, 0.3) is 5.91 Å². The molecule has 6 nitrogen and oxygen atoms in total. The Morgan fingerprint density at radius 3 is 2.54 bits per heavy atom. The van der Waals surface area contributed by atoms with Gasteiger partial charge in [-0.15, -0.1) is 5.10 Å². The molecule has 0 aliphatic carbocycles. The molecule has 3 N–H and O–H groups in total. The van der Waals surface area contributed by atoms with Crippen molar-refractivity contribution < 1.29 is 9.69 Å². The standard InChI is InChI=1S/C18H27N5OS2/c1-6-13-7-9-14(10-8-13)19-16-21-23(17(25)26-16)12-22(5)11-15(24)20-18(2,3)4/h7-10H,6,11-12H2,1-5H3,(H,19,21)(H,20,24)/p+1. The summed E-state index contributed by atoms with van der Waals surface area (Å²) in [4.78, 5) is 13.1. The number of nitrogens with one attached hydrogen (secondary N) is 3. The minimum absolute atomic E-state index is 0.0195. The van der Waals surface area contributed by atoms with E-state index >= 15 is 0 Å². The van der Waals surface area contributed by atoms with Crippen LogP contribution in [0.1, 0.15) is 33.3 Å². The second kappa shape index (κ2) is 8.75. The molecule has 0 aliphatic rings. The zero-order valence-corrected chi connectivity index (χ0v) is 17.7. The third kappa shape index (κ3) is 6.51. The maximum Gasteiger partial charge on any atom is 0.275 e. The molecule has 1 amide bonds. The molecule has 0 spiro atoms. The van der Waals surface area contributed by atoms with Crippen molar-refractivity contribution in [2.24, 2.45) is 0 Å². The Morgan fingerprint density at radius 1 is 1.31 bits per heavy atom. The molecular weight excluding hydrogens is 366 g/mol. The van der Waals surface area contributed by atoms with Crippen LogP contribution < -0.4 is 15.5 Å². The number of hydrogen-bond donors (Lipinski definition) is 3. The normalized spacial score (nSPS) is 12.7. The van der Waals surface area contributed by atoms with Crippen molar-refractivity contribution in [1.82, 2.24) is 15.1 Å². The fourth-order valence-electron chi connectivity index (χ4n) is 2.45. The number of likely N-dealkylation sites (N-methyl/N-ethyl adjacent to an activating group) is 1. The van der Waals surface area contributed by atoms with E-state index in [1.807, 2.05) is 40.0 Å². The van der Waals surface area contributed by atoms with E-state index in [4.69, 9.17) is 12.2 Å². The predicted molar refractivity (Wildman–Crippen MR) is 110 cm³/mol. The minimum Gasteiger partial charge on any atom is -0.347 e. The molecule has 2 rings (SSSR count). The van der Waals surface area contributed by atoms with Crippen LogP contribution in [0.15, 0.2) is 24.3 Å². The lowest BCUT2D eigenvalue weighted by Gasteiger charge is -2.21. The maximum absolute atomic E-state index is 12.0. The van der Waals surface area contributed by atoms with Gasteiger partial charge in [-0.05, 0) is 57.1 Å². The number of aromatic nitrogens is 2. The molecule has 1 aromatic carbocycles. The van der Waals surface area contributed by atoms with Gasteiger partial charge in [-0.2, -0.15) is 4.68 Å². The first-order chi connectivity index (χ1) is 12.2. The topological polar surface area (TPSA) is 63.4 Å². The molecule has 0 bridgehead atoms. The quantitative estimate of drug-likeness (QED) is 0.631. The lowest BCUT2D eigenvalue weighted by molar-refractivity contribution is -0.895. The molecule has 0 fully saturated rings. The van der Waals surface area contributed by atoms with Gasteiger partial charge in [-0.25, -0.2) is 0 Å². The molecule has 142 valence electrons. The van der Waals surface area contributed by atoms with Crippen molar-refractivity contribution in [3.63, 3.8) is 0 Å². The van der Waals surface area contributed by atoms with Gasteiger partial charge < -0.3 is 15.5 Å². The zero-order valence-electron chi connectivity index (χ0n) is 16.0. The average molecular weight is 395 g/mol. The van der Waals surface area contributed by atoms with Crippen LogP contribution in [-0.4, -0.2) is 34.8 Å². The van der Waals surface area contributed by atoms with E-state index in [9.17, 15) is 4.79 Å². The zero-order chi connectivity index (χ0) is 19.3. The Labute approximate surface area is 164 Å². The lowest BCUT2D eigenvalue weighted by atomic mass is 10.1. The largest absolute Gasteiger partial charge is 0.347 e. The van der Waals surface area contributed by atoms with Crippen molar-refractivity contribution in [2.75, 3.05) is 18.9 Å². The molecule has 1 heterocycles. The van der Waals surface area contributed by atoms with Gasteiger partial charge in [0.05, 0.1) is 7.05 Å². The first kappa shape index (κ1) is 20.5. The van der Waals surface area contributed by atoms with Crippen LogP contribution in [0.4, 0.5) is 10.8 Å². The van der Waals surface area contributed by atoms with Crippen LogP contribution in [0, 0.1) is 3.95 Å². The Bertz CT molecular complexity index is 789. The monoisotopic (exact) mass is 394 g/mol. The molecule has 0 saturated carbocycles.